The van der Waals surface area contributed by atoms with E-state index < -0.39 is 12.0 Å². The lowest BCUT2D eigenvalue weighted by atomic mass is 10.2. The Bertz CT molecular complexity index is 328. The van der Waals surface area contributed by atoms with Crippen LogP contribution in [0.3, 0.4) is 0 Å². The zero-order chi connectivity index (χ0) is 10.6. The molecule has 1 unspecified atom stereocenters. The largest absolute Gasteiger partial charge is 0.711 e. The Labute approximate surface area is 81.6 Å². The molecule has 0 aromatic carbocycles. The summed E-state index contributed by atoms with van der Waals surface area (Å²) in [6.07, 6.45) is 1.74. The third-order valence-corrected chi connectivity index (χ3v) is 1.85. The molecular formula is C9H12N2O3. The molecule has 0 aliphatic rings. The highest BCUT2D eigenvalue weighted by atomic mass is 16.5. The van der Waals surface area contributed by atoms with Crippen LogP contribution < -0.4 is 10.0 Å². The summed E-state index contributed by atoms with van der Waals surface area (Å²) in [5.41, 5.74) is 0. The maximum atomic E-state index is 11.2. The lowest BCUT2D eigenvalue weighted by molar-refractivity contribution is -0.590. The van der Waals surface area contributed by atoms with Gasteiger partial charge in [-0.05, 0) is 12.5 Å². The Morgan fingerprint density at radius 1 is 1.71 bits per heavy atom. The van der Waals surface area contributed by atoms with E-state index in [1.54, 1.807) is 25.1 Å². The molecule has 1 heterocycles. The molecule has 0 amide bonds. The molecule has 1 atom stereocenters. The molecule has 5 heteroatoms. The van der Waals surface area contributed by atoms with Crippen molar-refractivity contribution in [1.82, 2.24) is 0 Å². The molecule has 0 spiro atoms. The van der Waals surface area contributed by atoms with Gasteiger partial charge in [-0.2, -0.15) is 0 Å². The molecule has 0 saturated heterocycles. The second-order valence-corrected chi connectivity index (χ2v) is 2.86. The minimum absolute atomic E-state index is 0.252. The number of nitrogens with zero attached hydrogens (tertiary/aromatic N) is 1. The number of hydrogen-bond donors (Lipinski definition) is 2. The van der Waals surface area contributed by atoms with Gasteiger partial charge in [0.05, 0.1) is 6.20 Å². The number of carbonyl (C=O) groups is 1. The third-order valence-electron chi connectivity index (χ3n) is 1.85. The van der Waals surface area contributed by atoms with Crippen LogP contribution in [0.5, 0.6) is 0 Å². The van der Waals surface area contributed by atoms with Crippen molar-refractivity contribution in [3.05, 3.63) is 29.6 Å². The van der Waals surface area contributed by atoms with Gasteiger partial charge in [-0.3, -0.25) is 5.32 Å². The van der Waals surface area contributed by atoms with E-state index >= 15 is 0 Å². The standard InChI is InChI=1S/C9H12N2O3/c1-2-7(9(12)13)10-8-5-3-4-6-11(8)14/h3-7,10H,2H2,1H3,(H,12,13). The Balaban J connectivity index is 2.77. The van der Waals surface area contributed by atoms with E-state index in [2.05, 4.69) is 5.32 Å². The molecule has 0 saturated carbocycles. The maximum absolute atomic E-state index is 11.2. The number of aromatic nitrogens is 1. The van der Waals surface area contributed by atoms with Crippen molar-refractivity contribution in [2.24, 2.45) is 0 Å². The highest BCUT2D eigenvalue weighted by Crippen LogP contribution is 2.03. The van der Waals surface area contributed by atoms with Crippen LogP contribution in [-0.2, 0) is 4.79 Å². The Kier molecular flexibility index (Phi) is 3.28. The van der Waals surface area contributed by atoms with Crippen molar-refractivity contribution in [3.8, 4) is 0 Å². The summed E-state index contributed by atoms with van der Waals surface area (Å²) < 4.78 is 0.603. The molecule has 2 N–H and O–H groups in total. The molecule has 1 rings (SSSR count). The van der Waals surface area contributed by atoms with Crippen LogP contribution in [0.15, 0.2) is 24.4 Å². The molecule has 0 aliphatic carbocycles. The number of carboxylic acid groups (broad SMARTS) is 1. The van der Waals surface area contributed by atoms with Gasteiger partial charge in [0.25, 0.3) is 5.82 Å². The van der Waals surface area contributed by atoms with Gasteiger partial charge in [-0.15, -0.1) is 0 Å². The molecule has 76 valence electrons. The van der Waals surface area contributed by atoms with E-state index in [1.165, 1.54) is 6.20 Å². The predicted octanol–water partition coefficient (Wildman–Crippen LogP) is 0.595. The first-order valence-electron chi connectivity index (χ1n) is 4.32. The van der Waals surface area contributed by atoms with E-state index in [4.69, 9.17) is 5.11 Å². The lowest BCUT2D eigenvalue weighted by Crippen LogP contribution is -2.37. The van der Waals surface area contributed by atoms with Crippen molar-refractivity contribution >= 4 is 11.8 Å². The average molecular weight is 196 g/mol. The molecule has 0 radical (unpaired) electrons. The zero-order valence-electron chi connectivity index (χ0n) is 7.80. The Morgan fingerprint density at radius 3 is 2.93 bits per heavy atom. The van der Waals surface area contributed by atoms with Crippen LogP contribution in [0.2, 0.25) is 0 Å². The summed E-state index contributed by atoms with van der Waals surface area (Å²) in [6.45, 7) is 1.74. The number of hydrogen-bond acceptors (Lipinski definition) is 3. The SMILES string of the molecule is CCC(Nc1cccc[n+]1[O-])C(=O)O. The van der Waals surface area contributed by atoms with Gasteiger partial charge in [0.15, 0.2) is 6.04 Å². The van der Waals surface area contributed by atoms with Crippen molar-refractivity contribution in [2.45, 2.75) is 19.4 Å². The molecule has 1 aromatic heterocycles. The van der Waals surface area contributed by atoms with Crippen molar-refractivity contribution in [1.29, 1.82) is 0 Å². The fourth-order valence-corrected chi connectivity index (χ4v) is 1.06. The summed E-state index contributed by atoms with van der Waals surface area (Å²) in [6, 6.07) is 4.07. The smallest absolute Gasteiger partial charge is 0.348 e. The van der Waals surface area contributed by atoms with Crippen LogP contribution in [0.1, 0.15) is 13.3 Å². The quantitative estimate of drug-likeness (QED) is 0.546. The molecule has 0 bridgehead atoms. The highest BCUT2D eigenvalue weighted by molar-refractivity contribution is 5.76. The monoisotopic (exact) mass is 196 g/mol. The molecule has 1 aromatic rings. The normalized spacial score (nSPS) is 12.1. The Morgan fingerprint density at radius 2 is 2.43 bits per heavy atom. The fourth-order valence-electron chi connectivity index (χ4n) is 1.06. The van der Waals surface area contributed by atoms with Crippen LogP contribution in [0.4, 0.5) is 5.82 Å². The maximum Gasteiger partial charge on any atom is 0.348 e. The van der Waals surface area contributed by atoms with Crippen molar-refractivity contribution in [3.63, 3.8) is 0 Å². The second-order valence-electron chi connectivity index (χ2n) is 2.86. The second kappa shape index (κ2) is 4.45. The highest BCUT2D eigenvalue weighted by Gasteiger charge is 2.20. The average Bonchev–Trinajstić information content (AvgIpc) is 2.16. The summed E-state index contributed by atoms with van der Waals surface area (Å²) in [5.74, 6) is -0.710. The van der Waals surface area contributed by atoms with E-state index in [1.807, 2.05) is 0 Å². The topological polar surface area (TPSA) is 76.3 Å². The zero-order valence-corrected chi connectivity index (χ0v) is 7.80. The van der Waals surface area contributed by atoms with Crippen LogP contribution in [-0.4, -0.2) is 17.1 Å². The molecule has 0 fully saturated rings. The summed E-state index contributed by atoms with van der Waals surface area (Å²) in [7, 11) is 0. The number of pyridine rings is 1. The lowest BCUT2D eigenvalue weighted by Gasteiger charge is -2.11. The van der Waals surface area contributed by atoms with Gasteiger partial charge in [-0.1, -0.05) is 13.0 Å². The summed E-state index contributed by atoms with van der Waals surface area (Å²) in [5, 5.41) is 22.6. The Hall–Kier alpha value is -1.78. The van der Waals surface area contributed by atoms with Crippen molar-refractivity contribution < 1.29 is 14.6 Å². The first kappa shape index (κ1) is 10.3. The first-order valence-corrected chi connectivity index (χ1v) is 4.32. The van der Waals surface area contributed by atoms with E-state index in [9.17, 15) is 10.0 Å². The number of anilines is 1. The van der Waals surface area contributed by atoms with Gasteiger partial charge < -0.3 is 10.3 Å². The van der Waals surface area contributed by atoms with Gasteiger partial charge in [0, 0.05) is 6.07 Å². The van der Waals surface area contributed by atoms with Crippen LogP contribution in [0, 0.1) is 5.21 Å². The summed E-state index contributed by atoms with van der Waals surface area (Å²) >= 11 is 0. The van der Waals surface area contributed by atoms with E-state index in [0.29, 0.717) is 11.2 Å². The van der Waals surface area contributed by atoms with E-state index in [-0.39, 0.29) is 5.82 Å². The number of rotatable bonds is 4. The molecule has 5 nitrogen and oxygen atoms in total. The molecular weight excluding hydrogens is 184 g/mol. The number of carboxylic acids is 1. The number of nitrogens with one attached hydrogen (secondary N) is 1. The van der Waals surface area contributed by atoms with Crippen LogP contribution >= 0.6 is 0 Å². The molecule has 14 heavy (non-hydrogen) atoms. The minimum Gasteiger partial charge on any atom is -0.711 e. The third kappa shape index (κ3) is 2.35. The fraction of sp³-hybridized carbons (Fsp3) is 0.333. The van der Waals surface area contributed by atoms with E-state index in [0.717, 1.165) is 0 Å². The van der Waals surface area contributed by atoms with Crippen LogP contribution in [0.25, 0.3) is 0 Å². The summed E-state index contributed by atoms with van der Waals surface area (Å²) in [4.78, 5) is 10.7. The first-order chi connectivity index (χ1) is 6.65. The van der Waals surface area contributed by atoms with Gasteiger partial charge in [0.2, 0.25) is 0 Å². The predicted molar refractivity (Wildman–Crippen MR) is 50.7 cm³/mol. The minimum atomic E-state index is -0.962. The van der Waals surface area contributed by atoms with Gasteiger partial charge in [0.1, 0.15) is 0 Å². The van der Waals surface area contributed by atoms with Crippen molar-refractivity contribution in [2.75, 3.05) is 5.32 Å². The van der Waals surface area contributed by atoms with Gasteiger partial charge in [-0.25, -0.2) is 9.52 Å². The number of aliphatic carboxylic acids is 1. The van der Waals surface area contributed by atoms with Gasteiger partial charge >= 0.3 is 5.97 Å². The molecule has 0 aliphatic heterocycles.